The summed E-state index contributed by atoms with van der Waals surface area (Å²) < 4.78 is 0. The first-order valence-electron chi connectivity index (χ1n) is 6.65. The molecule has 0 atom stereocenters. The van der Waals surface area contributed by atoms with E-state index in [1.54, 1.807) is 17.2 Å². The largest absolute Gasteiger partial charge is 0.333 e. The van der Waals surface area contributed by atoms with E-state index in [2.05, 4.69) is 10.3 Å². The lowest BCUT2D eigenvalue weighted by Crippen LogP contribution is -2.37. The maximum atomic E-state index is 11.9. The van der Waals surface area contributed by atoms with Crippen LogP contribution in [0.25, 0.3) is 0 Å². The molecule has 0 bridgehead atoms. The number of nitrogens with zero attached hydrogens (tertiary/aromatic N) is 2. The summed E-state index contributed by atoms with van der Waals surface area (Å²) in [6.45, 7) is 2.73. The second kappa shape index (κ2) is 6.31. The van der Waals surface area contributed by atoms with Gasteiger partial charge in [0.05, 0.1) is 6.54 Å². The zero-order valence-corrected chi connectivity index (χ0v) is 11.2. The molecule has 0 unspecified atom stereocenters. The third-order valence-electron chi connectivity index (χ3n) is 3.18. The number of rotatable bonds is 3. The topological polar surface area (TPSA) is 62.3 Å². The number of hydrogen-bond acceptors (Lipinski definition) is 3. The Kier molecular flexibility index (Phi) is 4.49. The first-order chi connectivity index (χ1) is 9.15. The van der Waals surface area contributed by atoms with Gasteiger partial charge in [0, 0.05) is 19.2 Å². The van der Waals surface area contributed by atoms with Crippen molar-refractivity contribution < 1.29 is 9.59 Å². The lowest BCUT2D eigenvalue weighted by molar-refractivity contribution is -0.134. The number of likely N-dealkylation sites (tertiary alicyclic amines) is 1. The van der Waals surface area contributed by atoms with Crippen molar-refractivity contribution >= 4 is 17.6 Å². The number of pyridine rings is 1. The average Bonchev–Trinajstić information content (AvgIpc) is 2.58. The standard InChI is InChI=1S/C14H19N3O2/c1-11-6-7-12(15-9-11)16-13(18)10-17-8-4-2-3-5-14(17)19/h6-7,9H,2-5,8,10H2,1H3,(H,15,16,18). The highest BCUT2D eigenvalue weighted by Gasteiger charge is 2.19. The monoisotopic (exact) mass is 261 g/mol. The number of anilines is 1. The van der Waals surface area contributed by atoms with Gasteiger partial charge in [-0.05, 0) is 31.4 Å². The highest BCUT2D eigenvalue weighted by atomic mass is 16.2. The first-order valence-corrected chi connectivity index (χ1v) is 6.65. The Morgan fingerprint density at radius 2 is 2.21 bits per heavy atom. The summed E-state index contributed by atoms with van der Waals surface area (Å²) in [7, 11) is 0. The van der Waals surface area contributed by atoms with E-state index in [4.69, 9.17) is 0 Å². The van der Waals surface area contributed by atoms with Crippen molar-refractivity contribution in [3.05, 3.63) is 23.9 Å². The van der Waals surface area contributed by atoms with Gasteiger partial charge < -0.3 is 10.2 Å². The second-order valence-electron chi connectivity index (χ2n) is 4.89. The Labute approximate surface area is 113 Å². The van der Waals surface area contributed by atoms with Crippen molar-refractivity contribution in [3.63, 3.8) is 0 Å². The Bertz CT molecular complexity index is 456. The van der Waals surface area contributed by atoms with Crippen molar-refractivity contribution in [1.82, 2.24) is 9.88 Å². The molecule has 1 aromatic heterocycles. The average molecular weight is 261 g/mol. The summed E-state index contributed by atoms with van der Waals surface area (Å²) in [6.07, 6.45) is 5.21. The number of aryl methyl sites for hydroxylation is 1. The van der Waals surface area contributed by atoms with Crippen LogP contribution in [0.15, 0.2) is 18.3 Å². The maximum absolute atomic E-state index is 11.9. The Morgan fingerprint density at radius 1 is 1.37 bits per heavy atom. The Morgan fingerprint density at radius 3 is 2.95 bits per heavy atom. The molecule has 1 aliphatic heterocycles. The van der Waals surface area contributed by atoms with Gasteiger partial charge in [-0.15, -0.1) is 0 Å². The Balaban J connectivity index is 1.89. The van der Waals surface area contributed by atoms with Gasteiger partial charge in [-0.1, -0.05) is 12.5 Å². The Hall–Kier alpha value is -1.91. The van der Waals surface area contributed by atoms with Gasteiger partial charge in [0.2, 0.25) is 11.8 Å². The molecule has 0 saturated carbocycles. The third kappa shape index (κ3) is 4.05. The van der Waals surface area contributed by atoms with Crippen LogP contribution >= 0.6 is 0 Å². The summed E-state index contributed by atoms with van der Waals surface area (Å²) in [5.74, 6) is 0.411. The van der Waals surface area contributed by atoms with E-state index >= 15 is 0 Å². The molecular weight excluding hydrogens is 242 g/mol. The van der Waals surface area contributed by atoms with Gasteiger partial charge in [-0.2, -0.15) is 0 Å². The fraction of sp³-hybridized carbons (Fsp3) is 0.500. The molecular formula is C14H19N3O2. The molecule has 2 amide bonds. The zero-order chi connectivity index (χ0) is 13.7. The summed E-state index contributed by atoms with van der Waals surface area (Å²) in [4.78, 5) is 29.4. The number of carbonyl (C=O) groups excluding carboxylic acids is 2. The number of hydrogen-bond donors (Lipinski definition) is 1. The molecule has 2 heterocycles. The summed E-state index contributed by atoms with van der Waals surface area (Å²) in [5.41, 5.74) is 1.04. The van der Waals surface area contributed by atoms with Crippen molar-refractivity contribution in [1.29, 1.82) is 0 Å². The van der Waals surface area contributed by atoms with Gasteiger partial charge in [0.25, 0.3) is 0 Å². The van der Waals surface area contributed by atoms with Gasteiger partial charge in [0.15, 0.2) is 0 Å². The van der Waals surface area contributed by atoms with E-state index in [9.17, 15) is 9.59 Å². The molecule has 2 rings (SSSR count). The van der Waals surface area contributed by atoms with Crippen LogP contribution in [0.5, 0.6) is 0 Å². The number of amides is 2. The second-order valence-corrected chi connectivity index (χ2v) is 4.89. The molecule has 5 heteroatoms. The third-order valence-corrected chi connectivity index (χ3v) is 3.18. The molecule has 0 aromatic carbocycles. The molecule has 0 aliphatic carbocycles. The number of aromatic nitrogens is 1. The smallest absolute Gasteiger partial charge is 0.245 e. The molecule has 0 radical (unpaired) electrons. The maximum Gasteiger partial charge on any atom is 0.245 e. The van der Waals surface area contributed by atoms with E-state index in [1.807, 2.05) is 13.0 Å². The van der Waals surface area contributed by atoms with Crippen LogP contribution in [-0.2, 0) is 9.59 Å². The SMILES string of the molecule is Cc1ccc(NC(=O)CN2CCCCCC2=O)nc1. The molecule has 102 valence electrons. The molecule has 1 aromatic rings. The lowest BCUT2D eigenvalue weighted by Gasteiger charge is -2.19. The molecule has 1 saturated heterocycles. The fourth-order valence-electron chi connectivity index (χ4n) is 2.10. The minimum atomic E-state index is -0.188. The molecule has 1 fully saturated rings. The minimum absolute atomic E-state index is 0.0736. The van der Waals surface area contributed by atoms with Crippen molar-refractivity contribution in [2.24, 2.45) is 0 Å². The van der Waals surface area contributed by atoms with E-state index in [1.165, 1.54) is 0 Å². The normalized spacial score (nSPS) is 16.1. The van der Waals surface area contributed by atoms with Crippen LogP contribution < -0.4 is 5.32 Å². The summed E-state index contributed by atoms with van der Waals surface area (Å²) in [6, 6.07) is 3.65. The molecule has 19 heavy (non-hydrogen) atoms. The van der Waals surface area contributed by atoms with E-state index in [0.29, 0.717) is 18.8 Å². The van der Waals surface area contributed by atoms with Crippen molar-refractivity contribution in [3.8, 4) is 0 Å². The van der Waals surface area contributed by atoms with Gasteiger partial charge in [-0.25, -0.2) is 4.98 Å². The van der Waals surface area contributed by atoms with Crippen LogP contribution in [0.4, 0.5) is 5.82 Å². The fourth-order valence-corrected chi connectivity index (χ4v) is 2.10. The molecule has 5 nitrogen and oxygen atoms in total. The van der Waals surface area contributed by atoms with Crippen LogP contribution in [0.1, 0.15) is 31.2 Å². The molecule has 1 aliphatic rings. The van der Waals surface area contributed by atoms with E-state index < -0.39 is 0 Å². The van der Waals surface area contributed by atoms with Crippen LogP contribution in [-0.4, -0.2) is 34.8 Å². The summed E-state index contributed by atoms with van der Waals surface area (Å²) in [5, 5.41) is 2.71. The predicted molar refractivity (Wildman–Crippen MR) is 72.7 cm³/mol. The first kappa shape index (κ1) is 13.5. The highest BCUT2D eigenvalue weighted by molar-refractivity contribution is 5.93. The highest BCUT2D eigenvalue weighted by Crippen LogP contribution is 2.11. The number of nitrogens with one attached hydrogen (secondary N) is 1. The van der Waals surface area contributed by atoms with Crippen molar-refractivity contribution in [2.45, 2.75) is 32.6 Å². The van der Waals surface area contributed by atoms with E-state index in [0.717, 1.165) is 24.8 Å². The lowest BCUT2D eigenvalue weighted by atomic mass is 10.2. The predicted octanol–water partition coefficient (Wildman–Crippen LogP) is 1.73. The van der Waals surface area contributed by atoms with E-state index in [-0.39, 0.29) is 18.4 Å². The minimum Gasteiger partial charge on any atom is -0.333 e. The molecule has 1 N–H and O–H groups in total. The molecule has 0 spiro atoms. The van der Waals surface area contributed by atoms with Crippen molar-refractivity contribution in [2.75, 3.05) is 18.4 Å². The summed E-state index contributed by atoms with van der Waals surface area (Å²) >= 11 is 0. The van der Waals surface area contributed by atoms with Crippen LogP contribution in [0.2, 0.25) is 0 Å². The quantitative estimate of drug-likeness (QED) is 0.901. The van der Waals surface area contributed by atoms with Crippen LogP contribution in [0.3, 0.4) is 0 Å². The van der Waals surface area contributed by atoms with Crippen LogP contribution in [0, 0.1) is 6.92 Å². The van der Waals surface area contributed by atoms with Gasteiger partial charge in [-0.3, -0.25) is 9.59 Å². The van der Waals surface area contributed by atoms with Gasteiger partial charge >= 0.3 is 0 Å². The van der Waals surface area contributed by atoms with Gasteiger partial charge in [0.1, 0.15) is 5.82 Å². The zero-order valence-electron chi connectivity index (χ0n) is 11.2. The number of carbonyl (C=O) groups is 2.